The van der Waals surface area contributed by atoms with E-state index in [1.807, 2.05) is 43.3 Å². The third-order valence-electron chi connectivity index (χ3n) is 2.76. The molecular formula is C14H19BrN2O3. The standard InChI is InChI=1S/C14H19BrN2O3/c1-16(2)7-8-17(10-14(19)20)13(18)9-11-3-5-12(15)6-4-11/h3-6H,7-10H2,1-2H3,(H,19,20). The maximum Gasteiger partial charge on any atom is 0.323 e. The van der Waals surface area contributed by atoms with Crippen LogP contribution in [0.4, 0.5) is 0 Å². The van der Waals surface area contributed by atoms with Crippen LogP contribution < -0.4 is 0 Å². The minimum absolute atomic E-state index is 0.170. The lowest BCUT2D eigenvalue weighted by Gasteiger charge is -2.22. The number of hydrogen-bond donors (Lipinski definition) is 1. The molecule has 110 valence electrons. The Morgan fingerprint density at radius 3 is 2.25 bits per heavy atom. The van der Waals surface area contributed by atoms with Crippen molar-refractivity contribution in [2.45, 2.75) is 6.42 Å². The Morgan fingerprint density at radius 1 is 1.15 bits per heavy atom. The molecule has 1 rings (SSSR count). The SMILES string of the molecule is CN(C)CCN(CC(=O)O)C(=O)Cc1ccc(Br)cc1. The second-order valence-corrected chi connectivity index (χ2v) is 5.73. The number of carbonyl (C=O) groups is 2. The van der Waals surface area contributed by atoms with Crippen molar-refractivity contribution >= 4 is 27.8 Å². The van der Waals surface area contributed by atoms with E-state index in [-0.39, 0.29) is 18.9 Å². The zero-order valence-electron chi connectivity index (χ0n) is 11.7. The van der Waals surface area contributed by atoms with E-state index in [4.69, 9.17) is 5.11 Å². The minimum Gasteiger partial charge on any atom is -0.480 e. The minimum atomic E-state index is -0.993. The molecule has 0 radical (unpaired) electrons. The van der Waals surface area contributed by atoms with Gasteiger partial charge in [0.15, 0.2) is 0 Å². The number of carbonyl (C=O) groups excluding carboxylic acids is 1. The number of halogens is 1. The molecule has 6 heteroatoms. The van der Waals surface area contributed by atoms with Crippen LogP contribution in [0.15, 0.2) is 28.7 Å². The number of likely N-dealkylation sites (N-methyl/N-ethyl adjacent to an activating group) is 1. The summed E-state index contributed by atoms with van der Waals surface area (Å²) in [4.78, 5) is 26.3. The largest absolute Gasteiger partial charge is 0.480 e. The number of carboxylic acid groups (broad SMARTS) is 1. The topological polar surface area (TPSA) is 60.9 Å². The Labute approximate surface area is 127 Å². The summed E-state index contributed by atoms with van der Waals surface area (Å²) >= 11 is 3.34. The van der Waals surface area contributed by atoms with Crippen LogP contribution >= 0.6 is 15.9 Å². The quantitative estimate of drug-likeness (QED) is 0.815. The maximum atomic E-state index is 12.2. The van der Waals surface area contributed by atoms with Crippen LogP contribution in [0, 0.1) is 0 Å². The zero-order chi connectivity index (χ0) is 15.1. The summed E-state index contributed by atoms with van der Waals surface area (Å²) in [6.07, 6.45) is 0.216. The molecule has 0 aliphatic heterocycles. The van der Waals surface area contributed by atoms with E-state index in [0.29, 0.717) is 13.1 Å². The van der Waals surface area contributed by atoms with Crippen molar-refractivity contribution in [3.05, 3.63) is 34.3 Å². The molecule has 0 heterocycles. The molecule has 0 bridgehead atoms. The van der Waals surface area contributed by atoms with Gasteiger partial charge in [-0.2, -0.15) is 0 Å². The smallest absolute Gasteiger partial charge is 0.323 e. The summed E-state index contributed by atoms with van der Waals surface area (Å²) in [5.74, 6) is -1.16. The number of amides is 1. The molecular weight excluding hydrogens is 324 g/mol. The normalized spacial score (nSPS) is 10.6. The van der Waals surface area contributed by atoms with Gasteiger partial charge in [-0.25, -0.2) is 0 Å². The number of aliphatic carboxylic acids is 1. The summed E-state index contributed by atoms with van der Waals surface area (Å²) < 4.78 is 0.948. The molecule has 1 aromatic carbocycles. The molecule has 0 fully saturated rings. The zero-order valence-corrected chi connectivity index (χ0v) is 13.3. The highest BCUT2D eigenvalue weighted by Gasteiger charge is 2.17. The van der Waals surface area contributed by atoms with Gasteiger partial charge in [0.05, 0.1) is 6.42 Å². The summed E-state index contributed by atoms with van der Waals surface area (Å²) in [7, 11) is 3.77. The summed E-state index contributed by atoms with van der Waals surface area (Å²) in [5, 5.41) is 8.89. The number of hydrogen-bond acceptors (Lipinski definition) is 3. The van der Waals surface area contributed by atoms with Gasteiger partial charge in [0.2, 0.25) is 5.91 Å². The average Bonchev–Trinajstić information content (AvgIpc) is 2.36. The van der Waals surface area contributed by atoms with E-state index < -0.39 is 5.97 Å². The van der Waals surface area contributed by atoms with E-state index in [9.17, 15) is 9.59 Å². The molecule has 0 unspecified atom stereocenters. The first-order valence-electron chi connectivity index (χ1n) is 6.27. The van der Waals surface area contributed by atoms with Crippen molar-refractivity contribution in [2.75, 3.05) is 33.7 Å². The highest BCUT2D eigenvalue weighted by molar-refractivity contribution is 9.10. The first-order valence-corrected chi connectivity index (χ1v) is 7.06. The Bertz CT molecular complexity index is 460. The summed E-state index contributed by atoms with van der Waals surface area (Å²) in [6.45, 7) is 0.789. The van der Waals surface area contributed by atoms with Gasteiger partial charge in [-0.3, -0.25) is 9.59 Å². The molecule has 1 amide bonds. The van der Waals surface area contributed by atoms with Crippen LogP contribution in [0.1, 0.15) is 5.56 Å². The van der Waals surface area contributed by atoms with E-state index in [2.05, 4.69) is 15.9 Å². The fraction of sp³-hybridized carbons (Fsp3) is 0.429. The van der Waals surface area contributed by atoms with Crippen molar-refractivity contribution in [2.24, 2.45) is 0 Å². The highest BCUT2D eigenvalue weighted by atomic mass is 79.9. The molecule has 20 heavy (non-hydrogen) atoms. The van der Waals surface area contributed by atoms with Crippen LogP contribution in [0.25, 0.3) is 0 Å². The van der Waals surface area contributed by atoms with Gasteiger partial charge in [0.1, 0.15) is 6.54 Å². The predicted octanol–water partition coefficient (Wildman–Crippen LogP) is 1.47. The molecule has 1 aromatic rings. The van der Waals surface area contributed by atoms with Gasteiger partial charge in [-0.1, -0.05) is 28.1 Å². The Kier molecular flexibility index (Phi) is 6.67. The Morgan fingerprint density at radius 2 is 1.75 bits per heavy atom. The van der Waals surface area contributed by atoms with Crippen molar-refractivity contribution in [3.8, 4) is 0 Å². The average molecular weight is 343 g/mol. The number of carboxylic acids is 1. The molecule has 5 nitrogen and oxygen atoms in total. The molecule has 0 saturated carbocycles. The molecule has 0 aliphatic carbocycles. The number of benzene rings is 1. The predicted molar refractivity (Wildman–Crippen MR) is 80.6 cm³/mol. The molecule has 0 aromatic heterocycles. The maximum absolute atomic E-state index is 12.2. The van der Waals surface area contributed by atoms with Crippen molar-refractivity contribution in [1.29, 1.82) is 0 Å². The van der Waals surface area contributed by atoms with Gasteiger partial charge in [-0.15, -0.1) is 0 Å². The van der Waals surface area contributed by atoms with Gasteiger partial charge in [-0.05, 0) is 31.8 Å². The molecule has 0 aliphatic rings. The van der Waals surface area contributed by atoms with E-state index in [1.54, 1.807) is 0 Å². The number of nitrogens with zero attached hydrogens (tertiary/aromatic N) is 2. The van der Waals surface area contributed by atoms with Gasteiger partial charge < -0.3 is 14.9 Å². The molecule has 0 saturated heterocycles. The third kappa shape index (κ3) is 6.16. The van der Waals surface area contributed by atoms with Crippen molar-refractivity contribution in [1.82, 2.24) is 9.80 Å². The van der Waals surface area contributed by atoms with Crippen LogP contribution in [0.3, 0.4) is 0 Å². The van der Waals surface area contributed by atoms with E-state index in [0.717, 1.165) is 10.0 Å². The van der Waals surface area contributed by atoms with Crippen LogP contribution in [0.5, 0.6) is 0 Å². The van der Waals surface area contributed by atoms with Crippen molar-refractivity contribution in [3.63, 3.8) is 0 Å². The highest BCUT2D eigenvalue weighted by Crippen LogP contribution is 2.11. The van der Waals surface area contributed by atoms with Crippen LogP contribution in [-0.2, 0) is 16.0 Å². The van der Waals surface area contributed by atoms with Gasteiger partial charge >= 0.3 is 5.97 Å². The third-order valence-corrected chi connectivity index (χ3v) is 3.29. The second-order valence-electron chi connectivity index (χ2n) is 4.82. The summed E-state index contributed by atoms with van der Waals surface area (Å²) in [5.41, 5.74) is 0.874. The number of rotatable bonds is 7. The summed E-state index contributed by atoms with van der Waals surface area (Å²) in [6, 6.07) is 7.44. The fourth-order valence-corrected chi connectivity index (χ4v) is 1.93. The van der Waals surface area contributed by atoms with Crippen molar-refractivity contribution < 1.29 is 14.7 Å². The lowest BCUT2D eigenvalue weighted by atomic mass is 10.1. The lowest BCUT2D eigenvalue weighted by Crippen LogP contribution is -2.40. The van der Waals surface area contributed by atoms with E-state index in [1.165, 1.54) is 4.90 Å². The lowest BCUT2D eigenvalue weighted by molar-refractivity contribution is -0.144. The Hall–Kier alpha value is -1.40. The molecule has 0 atom stereocenters. The fourth-order valence-electron chi connectivity index (χ4n) is 1.66. The van der Waals surface area contributed by atoms with Crippen LogP contribution in [0.2, 0.25) is 0 Å². The van der Waals surface area contributed by atoms with Gasteiger partial charge in [0.25, 0.3) is 0 Å². The van der Waals surface area contributed by atoms with E-state index >= 15 is 0 Å². The van der Waals surface area contributed by atoms with Crippen LogP contribution in [-0.4, -0.2) is 60.5 Å². The first-order chi connectivity index (χ1) is 9.38. The second kappa shape index (κ2) is 8.01. The monoisotopic (exact) mass is 342 g/mol. The molecule has 1 N–H and O–H groups in total. The Balaban J connectivity index is 2.66. The van der Waals surface area contributed by atoms with Gasteiger partial charge in [0, 0.05) is 17.6 Å². The molecule has 0 spiro atoms. The first kappa shape index (κ1) is 16.7.